The number of aromatic hydroxyl groups is 2. The first-order valence-electron chi connectivity index (χ1n) is 17.2. The lowest BCUT2D eigenvalue weighted by atomic mass is 9.92. The molecule has 2 aromatic rings. The summed E-state index contributed by atoms with van der Waals surface area (Å²) in [7, 11) is 0. The summed E-state index contributed by atoms with van der Waals surface area (Å²) >= 11 is 1.28. The Balaban J connectivity index is 2.07. The van der Waals surface area contributed by atoms with Crippen molar-refractivity contribution >= 4 is 23.7 Å². The van der Waals surface area contributed by atoms with Gasteiger partial charge in [-0.25, -0.2) is 0 Å². The number of thioether (sulfide) groups is 1. The van der Waals surface area contributed by atoms with Gasteiger partial charge in [-0.2, -0.15) is 0 Å². The van der Waals surface area contributed by atoms with Crippen LogP contribution in [0.1, 0.15) is 152 Å². The lowest BCUT2D eigenvalue weighted by Gasteiger charge is -2.22. The van der Waals surface area contributed by atoms with Crippen LogP contribution < -0.4 is 0 Å². The minimum atomic E-state index is -0.524. The van der Waals surface area contributed by atoms with E-state index in [0.29, 0.717) is 11.5 Å². The first kappa shape index (κ1) is 38.5. The van der Waals surface area contributed by atoms with Gasteiger partial charge in [-0.05, 0) is 112 Å². The Morgan fingerprint density at radius 1 is 0.578 bits per heavy atom. The number of rotatable bonds is 20. The predicted molar refractivity (Wildman–Crippen MR) is 186 cm³/mol. The fourth-order valence-corrected chi connectivity index (χ4v) is 6.27. The molecule has 0 bridgehead atoms. The van der Waals surface area contributed by atoms with Crippen LogP contribution >= 0.6 is 11.8 Å². The van der Waals surface area contributed by atoms with Crippen LogP contribution in [0.5, 0.6) is 11.5 Å². The van der Waals surface area contributed by atoms with Gasteiger partial charge >= 0.3 is 11.9 Å². The molecule has 0 radical (unpaired) electrons. The molecule has 0 aliphatic carbocycles. The highest BCUT2D eigenvalue weighted by molar-refractivity contribution is 8.00. The van der Waals surface area contributed by atoms with Gasteiger partial charge in [0.15, 0.2) is 0 Å². The number of ether oxygens (including phenoxy) is 2. The van der Waals surface area contributed by atoms with Crippen molar-refractivity contribution in [1.82, 2.24) is 0 Å². The number of hydrogen-bond acceptors (Lipinski definition) is 7. The third-order valence-corrected chi connectivity index (χ3v) is 9.39. The molecule has 2 aromatic carbocycles. The van der Waals surface area contributed by atoms with Gasteiger partial charge in [0.1, 0.15) is 22.4 Å². The van der Waals surface area contributed by atoms with E-state index in [4.69, 9.17) is 9.47 Å². The first-order chi connectivity index (χ1) is 21.5. The van der Waals surface area contributed by atoms with Crippen LogP contribution in [0, 0.1) is 0 Å². The summed E-state index contributed by atoms with van der Waals surface area (Å²) in [6.45, 7) is 15.8. The molecule has 0 saturated carbocycles. The molecule has 0 spiro atoms. The SMILES string of the molecule is CCCCc1cc(C(C)C(=O)OC(C)SC(C)OC(=O)[C@H](C)c2cc(CCCC)c(O)c(CCCC)c2)cc(CCCC)c1O. The van der Waals surface area contributed by atoms with Crippen molar-refractivity contribution in [3.05, 3.63) is 57.6 Å². The van der Waals surface area contributed by atoms with Gasteiger partial charge in [-0.1, -0.05) is 89.4 Å². The average molecular weight is 643 g/mol. The van der Waals surface area contributed by atoms with E-state index in [2.05, 4.69) is 27.7 Å². The molecule has 0 amide bonds. The number of carbonyl (C=O) groups excluding carboxylic acids is 2. The number of esters is 2. The largest absolute Gasteiger partial charge is 0.507 e. The van der Waals surface area contributed by atoms with E-state index in [-0.39, 0.29) is 11.9 Å². The van der Waals surface area contributed by atoms with E-state index < -0.39 is 22.7 Å². The third kappa shape index (κ3) is 11.9. The first-order valence-corrected chi connectivity index (χ1v) is 18.2. The molecule has 2 N–H and O–H groups in total. The summed E-state index contributed by atoms with van der Waals surface area (Å²) in [5, 5.41) is 21.7. The van der Waals surface area contributed by atoms with Gasteiger partial charge in [0.05, 0.1) is 11.8 Å². The maximum absolute atomic E-state index is 13.2. The van der Waals surface area contributed by atoms with Gasteiger partial charge in [-0.15, -0.1) is 0 Å². The van der Waals surface area contributed by atoms with Crippen LogP contribution in [0.3, 0.4) is 0 Å². The van der Waals surface area contributed by atoms with Gasteiger partial charge in [0.2, 0.25) is 0 Å². The summed E-state index contributed by atoms with van der Waals surface area (Å²) in [6.07, 6.45) is 11.1. The number of benzene rings is 2. The molecule has 0 fully saturated rings. The highest BCUT2D eigenvalue weighted by Gasteiger charge is 2.26. The number of hydrogen-bond donors (Lipinski definition) is 2. The Hall–Kier alpha value is -2.67. The van der Waals surface area contributed by atoms with Crippen LogP contribution in [-0.2, 0) is 44.7 Å². The topological polar surface area (TPSA) is 93.1 Å². The van der Waals surface area contributed by atoms with Crippen molar-refractivity contribution in [2.75, 3.05) is 0 Å². The molecule has 0 aliphatic rings. The number of phenols is 2. The van der Waals surface area contributed by atoms with Crippen molar-refractivity contribution in [3.8, 4) is 11.5 Å². The zero-order valence-electron chi connectivity index (χ0n) is 29.0. The monoisotopic (exact) mass is 642 g/mol. The van der Waals surface area contributed by atoms with Crippen molar-refractivity contribution in [2.45, 2.75) is 155 Å². The van der Waals surface area contributed by atoms with Crippen molar-refractivity contribution < 1.29 is 29.3 Å². The number of unbranched alkanes of at least 4 members (excludes halogenated alkanes) is 4. The van der Waals surface area contributed by atoms with Crippen LogP contribution in [0.4, 0.5) is 0 Å². The third-order valence-electron chi connectivity index (χ3n) is 8.43. The molecule has 0 aromatic heterocycles. The Labute approximate surface area is 276 Å². The second kappa shape index (κ2) is 19.8. The highest BCUT2D eigenvalue weighted by atomic mass is 32.2. The lowest BCUT2D eigenvalue weighted by molar-refractivity contribution is -0.146. The van der Waals surface area contributed by atoms with Crippen LogP contribution in [0.15, 0.2) is 24.3 Å². The minimum Gasteiger partial charge on any atom is -0.507 e. The summed E-state index contributed by atoms with van der Waals surface area (Å²) in [6, 6.07) is 7.78. The number of carbonyl (C=O) groups is 2. The summed E-state index contributed by atoms with van der Waals surface area (Å²) in [5.74, 6) is -0.970. The average Bonchev–Trinajstić information content (AvgIpc) is 3.01. The van der Waals surface area contributed by atoms with Gasteiger partial charge in [0, 0.05) is 0 Å². The fraction of sp³-hybridized carbons (Fsp3) is 0.632. The van der Waals surface area contributed by atoms with Crippen molar-refractivity contribution in [2.24, 2.45) is 0 Å². The van der Waals surface area contributed by atoms with Crippen molar-refractivity contribution in [1.29, 1.82) is 0 Å². The summed E-state index contributed by atoms with van der Waals surface area (Å²) in [5.41, 5.74) is 4.22. The molecule has 0 saturated heterocycles. The van der Waals surface area contributed by atoms with E-state index >= 15 is 0 Å². The van der Waals surface area contributed by atoms with Crippen LogP contribution in [-0.4, -0.2) is 33.0 Å². The molecule has 7 heteroatoms. The molecular weight excluding hydrogens is 584 g/mol. The molecule has 252 valence electrons. The lowest BCUT2D eigenvalue weighted by Crippen LogP contribution is -2.23. The number of aryl methyl sites for hydroxylation is 4. The zero-order chi connectivity index (χ0) is 33.5. The smallest absolute Gasteiger partial charge is 0.314 e. The molecule has 0 heterocycles. The van der Waals surface area contributed by atoms with E-state index in [1.165, 1.54) is 11.8 Å². The highest BCUT2D eigenvalue weighted by Crippen LogP contribution is 2.34. The second-order valence-corrected chi connectivity index (χ2v) is 14.0. The fourth-order valence-electron chi connectivity index (χ4n) is 5.43. The molecule has 45 heavy (non-hydrogen) atoms. The van der Waals surface area contributed by atoms with E-state index in [0.717, 1.165) is 110 Å². The van der Waals surface area contributed by atoms with E-state index in [1.54, 1.807) is 13.8 Å². The maximum Gasteiger partial charge on any atom is 0.314 e. The van der Waals surface area contributed by atoms with E-state index in [9.17, 15) is 19.8 Å². The maximum atomic E-state index is 13.2. The Morgan fingerprint density at radius 3 is 1.09 bits per heavy atom. The van der Waals surface area contributed by atoms with Crippen LogP contribution in [0.25, 0.3) is 0 Å². The standard InChI is InChI=1S/C38H58O6S/c1-9-13-17-29-21-33(22-30(35(29)39)18-14-10-2)25(5)37(41)43-27(7)45-28(8)44-38(42)26(6)34-23-31(19-15-11-3)36(40)32(24-34)20-16-12-4/h21-28,39-40H,9-20H2,1-8H3/t25-,26?,27?,28?/m1/s1. The van der Waals surface area contributed by atoms with Gasteiger partial charge < -0.3 is 19.7 Å². The molecule has 4 atom stereocenters. The normalized spacial score (nSPS) is 14.0. The number of phenolic OH excluding ortho intramolecular Hbond substituents is 2. The predicted octanol–water partition coefficient (Wildman–Crippen LogP) is 9.89. The minimum absolute atomic E-state index is 0.348. The molecule has 2 rings (SSSR count). The Bertz CT molecular complexity index is 1070. The van der Waals surface area contributed by atoms with E-state index in [1.807, 2.05) is 38.1 Å². The molecular formula is C38H58O6S. The molecule has 3 unspecified atom stereocenters. The zero-order valence-corrected chi connectivity index (χ0v) is 29.9. The Morgan fingerprint density at radius 2 is 0.844 bits per heavy atom. The van der Waals surface area contributed by atoms with Crippen LogP contribution in [0.2, 0.25) is 0 Å². The van der Waals surface area contributed by atoms with Gasteiger partial charge in [0.25, 0.3) is 0 Å². The van der Waals surface area contributed by atoms with Gasteiger partial charge in [-0.3, -0.25) is 9.59 Å². The summed E-state index contributed by atoms with van der Waals surface area (Å²) < 4.78 is 11.6. The summed E-state index contributed by atoms with van der Waals surface area (Å²) in [4.78, 5) is 26.4. The quantitative estimate of drug-likeness (QED) is 0.110. The second-order valence-electron chi connectivity index (χ2n) is 12.4. The molecule has 0 aliphatic heterocycles. The van der Waals surface area contributed by atoms with Crippen molar-refractivity contribution in [3.63, 3.8) is 0 Å². The molecule has 6 nitrogen and oxygen atoms in total. The Kier molecular flexibility index (Phi) is 16.9.